The predicted octanol–water partition coefficient (Wildman–Crippen LogP) is 5.12. The van der Waals surface area contributed by atoms with Gasteiger partial charge >= 0.3 is 0 Å². The molecule has 0 unspecified atom stereocenters. The van der Waals surface area contributed by atoms with Gasteiger partial charge in [-0.3, -0.25) is 4.79 Å². The first-order chi connectivity index (χ1) is 14.1. The number of carbonyl (C=O) groups excluding carboxylic acids is 1. The molecule has 0 bridgehead atoms. The van der Waals surface area contributed by atoms with Crippen LogP contribution in [-0.2, 0) is 0 Å². The fraction of sp³-hybridized carbons (Fsp3) is 0.208. The summed E-state index contributed by atoms with van der Waals surface area (Å²) in [6.45, 7) is 4.31. The van der Waals surface area contributed by atoms with Crippen molar-refractivity contribution >= 4 is 11.6 Å². The molecule has 2 N–H and O–H groups in total. The van der Waals surface area contributed by atoms with Crippen LogP contribution < -0.4 is 10.1 Å². The summed E-state index contributed by atoms with van der Waals surface area (Å²) in [7, 11) is 0. The first-order valence-electron chi connectivity index (χ1n) is 9.79. The molecule has 0 fully saturated rings. The zero-order chi connectivity index (χ0) is 20.4. The summed E-state index contributed by atoms with van der Waals surface area (Å²) in [5.74, 6) is 0.372. The molecule has 5 heteroatoms. The predicted molar refractivity (Wildman–Crippen MR) is 113 cm³/mol. The average Bonchev–Trinajstić information content (AvgIpc) is 2.75. The van der Waals surface area contributed by atoms with E-state index >= 15 is 0 Å². The molecule has 0 aliphatic carbocycles. The second-order valence-corrected chi connectivity index (χ2v) is 7.02. The molecule has 0 aromatic heterocycles. The molecule has 3 aromatic carbocycles. The van der Waals surface area contributed by atoms with Crippen LogP contribution in [-0.4, -0.2) is 22.5 Å². The second kappa shape index (κ2) is 7.87. The number of nitrogens with one attached hydrogen (secondary N) is 1. The highest BCUT2D eigenvalue weighted by molar-refractivity contribution is 6.02. The van der Waals surface area contributed by atoms with Gasteiger partial charge < -0.3 is 20.1 Å². The number of nitrogens with zero attached hydrogens (tertiary/aromatic N) is 1. The Balaban J connectivity index is 1.84. The maximum Gasteiger partial charge on any atom is 0.258 e. The largest absolute Gasteiger partial charge is 0.504 e. The summed E-state index contributed by atoms with van der Waals surface area (Å²) >= 11 is 0. The highest BCUT2D eigenvalue weighted by Gasteiger charge is 2.37. The third-order valence-electron chi connectivity index (χ3n) is 5.29. The van der Waals surface area contributed by atoms with Crippen molar-refractivity contribution in [1.29, 1.82) is 0 Å². The van der Waals surface area contributed by atoms with Crippen molar-refractivity contribution in [3.8, 4) is 11.5 Å². The number of hydrogen-bond donors (Lipinski definition) is 2. The molecule has 1 amide bonds. The molecule has 2 atom stereocenters. The topological polar surface area (TPSA) is 61.8 Å². The smallest absolute Gasteiger partial charge is 0.258 e. The first kappa shape index (κ1) is 18.9. The lowest BCUT2D eigenvalue weighted by Gasteiger charge is -2.42. The number of fused-ring (bicyclic) bond motifs is 1. The molecule has 0 saturated heterocycles. The van der Waals surface area contributed by atoms with Gasteiger partial charge in [0.15, 0.2) is 11.5 Å². The summed E-state index contributed by atoms with van der Waals surface area (Å²) in [6, 6.07) is 22.5. The molecule has 29 heavy (non-hydrogen) atoms. The van der Waals surface area contributed by atoms with E-state index in [9.17, 15) is 9.90 Å². The summed E-state index contributed by atoms with van der Waals surface area (Å²) in [5, 5.41) is 14.3. The fourth-order valence-corrected chi connectivity index (χ4v) is 3.82. The Morgan fingerprint density at radius 2 is 1.76 bits per heavy atom. The maximum atomic E-state index is 13.5. The highest BCUT2D eigenvalue weighted by Crippen LogP contribution is 2.43. The van der Waals surface area contributed by atoms with Crippen LogP contribution in [0.1, 0.15) is 47.5 Å². The SMILES string of the molecule is CCOc1cccc([C@H]2Nc3ccccc3C(=O)N2[C@@H](C)c2ccccc2)c1O. The highest BCUT2D eigenvalue weighted by atomic mass is 16.5. The number of phenolic OH excluding ortho intramolecular Hbond substituents is 1. The second-order valence-electron chi connectivity index (χ2n) is 7.02. The van der Waals surface area contributed by atoms with Gasteiger partial charge in [0.1, 0.15) is 6.17 Å². The molecule has 5 nitrogen and oxygen atoms in total. The quantitative estimate of drug-likeness (QED) is 0.637. The van der Waals surface area contributed by atoms with Gasteiger partial charge in [-0.25, -0.2) is 0 Å². The van der Waals surface area contributed by atoms with Gasteiger partial charge in [0.2, 0.25) is 0 Å². The molecule has 0 spiro atoms. The van der Waals surface area contributed by atoms with Gasteiger partial charge in [0.25, 0.3) is 5.91 Å². The number of rotatable bonds is 5. The Bertz CT molecular complexity index is 1020. The Morgan fingerprint density at radius 3 is 2.52 bits per heavy atom. The van der Waals surface area contributed by atoms with E-state index in [-0.39, 0.29) is 17.7 Å². The fourth-order valence-electron chi connectivity index (χ4n) is 3.82. The number of anilines is 1. The minimum Gasteiger partial charge on any atom is -0.504 e. The number of phenols is 1. The molecule has 148 valence electrons. The van der Waals surface area contributed by atoms with E-state index in [1.807, 2.05) is 80.6 Å². The van der Waals surface area contributed by atoms with Crippen LogP contribution in [0.5, 0.6) is 11.5 Å². The van der Waals surface area contributed by atoms with Crippen molar-refractivity contribution in [2.45, 2.75) is 26.1 Å². The lowest BCUT2D eigenvalue weighted by Crippen LogP contribution is -2.44. The Kier molecular flexibility index (Phi) is 5.12. The number of para-hydroxylation sites is 2. The van der Waals surface area contributed by atoms with Crippen LogP contribution >= 0.6 is 0 Å². The van der Waals surface area contributed by atoms with Gasteiger partial charge in [0.05, 0.1) is 18.2 Å². The van der Waals surface area contributed by atoms with Crippen LogP contribution in [0.25, 0.3) is 0 Å². The van der Waals surface area contributed by atoms with Gasteiger partial charge in [0, 0.05) is 11.3 Å². The van der Waals surface area contributed by atoms with Crippen molar-refractivity contribution in [2.24, 2.45) is 0 Å². The third kappa shape index (κ3) is 3.40. The molecule has 0 radical (unpaired) electrons. The Hall–Kier alpha value is -3.47. The molecular weight excluding hydrogens is 364 g/mol. The summed E-state index contributed by atoms with van der Waals surface area (Å²) in [6.07, 6.45) is -0.534. The molecule has 4 rings (SSSR count). The molecule has 0 saturated carbocycles. The van der Waals surface area contributed by atoms with Crippen molar-refractivity contribution in [1.82, 2.24) is 4.90 Å². The van der Waals surface area contributed by atoms with Crippen molar-refractivity contribution in [3.63, 3.8) is 0 Å². The number of amides is 1. The van der Waals surface area contributed by atoms with Crippen LogP contribution in [0.2, 0.25) is 0 Å². The van der Waals surface area contributed by atoms with Crippen molar-refractivity contribution in [2.75, 3.05) is 11.9 Å². The van der Waals surface area contributed by atoms with Crippen LogP contribution in [0.3, 0.4) is 0 Å². The zero-order valence-electron chi connectivity index (χ0n) is 16.5. The van der Waals surface area contributed by atoms with E-state index in [4.69, 9.17) is 4.74 Å². The van der Waals surface area contributed by atoms with E-state index in [1.165, 1.54) is 0 Å². The van der Waals surface area contributed by atoms with E-state index in [1.54, 1.807) is 11.0 Å². The number of benzene rings is 3. The minimum absolute atomic E-state index is 0.0456. The monoisotopic (exact) mass is 388 g/mol. The van der Waals surface area contributed by atoms with E-state index in [0.717, 1.165) is 11.3 Å². The average molecular weight is 388 g/mol. The maximum absolute atomic E-state index is 13.5. The minimum atomic E-state index is -0.534. The van der Waals surface area contributed by atoms with E-state index in [2.05, 4.69) is 5.32 Å². The number of ether oxygens (including phenoxy) is 1. The number of carbonyl (C=O) groups is 1. The molecular formula is C24H24N2O3. The van der Waals surface area contributed by atoms with Crippen molar-refractivity contribution in [3.05, 3.63) is 89.5 Å². The third-order valence-corrected chi connectivity index (χ3v) is 5.29. The van der Waals surface area contributed by atoms with Crippen LogP contribution in [0.4, 0.5) is 5.69 Å². The Labute approximate surface area is 170 Å². The normalized spacial score (nSPS) is 16.7. The van der Waals surface area contributed by atoms with Crippen LogP contribution in [0, 0.1) is 0 Å². The number of aromatic hydroxyl groups is 1. The first-order valence-corrected chi connectivity index (χ1v) is 9.79. The van der Waals surface area contributed by atoms with Gasteiger partial charge in [-0.1, -0.05) is 54.6 Å². The summed E-state index contributed by atoms with van der Waals surface area (Å²) in [4.78, 5) is 15.3. The molecule has 1 aliphatic rings. The van der Waals surface area contributed by atoms with E-state index < -0.39 is 6.17 Å². The zero-order valence-corrected chi connectivity index (χ0v) is 16.5. The van der Waals surface area contributed by atoms with Gasteiger partial charge in [-0.05, 0) is 37.6 Å². The standard InChI is InChI=1S/C24H24N2O3/c1-3-29-21-15-9-13-19(22(21)27)23-25-20-14-8-7-12-18(20)24(28)26(23)16(2)17-10-5-4-6-11-17/h4-16,23,25,27H,3H2,1-2H3/t16-,23-/m0/s1. The lowest BCUT2D eigenvalue weighted by atomic mass is 9.98. The van der Waals surface area contributed by atoms with Crippen molar-refractivity contribution < 1.29 is 14.6 Å². The molecule has 1 heterocycles. The lowest BCUT2D eigenvalue weighted by molar-refractivity contribution is 0.0593. The molecule has 3 aromatic rings. The number of hydrogen-bond acceptors (Lipinski definition) is 4. The summed E-state index contributed by atoms with van der Waals surface area (Å²) < 4.78 is 5.56. The van der Waals surface area contributed by atoms with Gasteiger partial charge in [-0.15, -0.1) is 0 Å². The Morgan fingerprint density at radius 1 is 1.03 bits per heavy atom. The molecule has 1 aliphatic heterocycles. The van der Waals surface area contributed by atoms with E-state index in [0.29, 0.717) is 23.5 Å². The summed E-state index contributed by atoms with van der Waals surface area (Å²) in [5.41, 5.74) is 2.99. The van der Waals surface area contributed by atoms with Crippen LogP contribution in [0.15, 0.2) is 72.8 Å². The van der Waals surface area contributed by atoms with Gasteiger partial charge in [-0.2, -0.15) is 0 Å².